The van der Waals surface area contributed by atoms with E-state index in [1.165, 1.54) is 11.8 Å². The molecule has 0 fully saturated rings. The lowest BCUT2D eigenvalue weighted by Crippen LogP contribution is -2.26. The highest BCUT2D eigenvalue weighted by molar-refractivity contribution is 7.18. The summed E-state index contributed by atoms with van der Waals surface area (Å²) in [5, 5.41) is 13.1. The monoisotopic (exact) mass is 320 g/mol. The molecule has 0 aliphatic heterocycles. The highest BCUT2D eigenvalue weighted by atomic mass is 32.1. The summed E-state index contributed by atoms with van der Waals surface area (Å²) < 4.78 is 0. The molecule has 0 unspecified atom stereocenters. The van der Waals surface area contributed by atoms with E-state index in [1.54, 1.807) is 31.3 Å². The van der Waals surface area contributed by atoms with Gasteiger partial charge in [0.25, 0.3) is 5.91 Å². The standard InChI is InChI=1S/C13H12N4O4S/c1-8(18)16(2)10-6-4-3-5-9(10)12(19)15-13-14-7-11(22-13)17(20)21/h3-7H,1-2H3,(H,14,15,19). The first-order valence-electron chi connectivity index (χ1n) is 6.15. The second-order valence-electron chi connectivity index (χ2n) is 4.31. The number of nitro groups is 1. The Labute approximate surface area is 129 Å². The van der Waals surface area contributed by atoms with Crippen molar-refractivity contribution >= 4 is 39.0 Å². The van der Waals surface area contributed by atoms with Crippen LogP contribution < -0.4 is 10.2 Å². The summed E-state index contributed by atoms with van der Waals surface area (Å²) in [5.41, 5.74) is 0.719. The summed E-state index contributed by atoms with van der Waals surface area (Å²) in [4.78, 5) is 38.9. The molecule has 0 saturated heterocycles. The van der Waals surface area contributed by atoms with Crippen LogP contribution in [0.3, 0.4) is 0 Å². The van der Waals surface area contributed by atoms with E-state index < -0.39 is 10.8 Å². The number of thiazole rings is 1. The fraction of sp³-hybridized carbons (Fsp3) is 0.154. The second kappa shape index (κ2) is 6.31. The molecule has 0 bridgehead atoms. The van der Waals surface area contributed by atoms with Crippen molar-refractivity contribution in [2.45, 2.75) is 6.92 Å². The van der Waals surface area contributed by atoms with Gasteiger partial charge in [0.1, 0.15) is 6.20 Å². The average molecular weight is 320 g/mol. The van der Waals surface area contributed by atoms with Crippen molar-refractivity contribution in [1.29, 1.82) is 0 Å². The molecule has 9 heteroatoms. The summed E-state index contributed by atoms with van der Waals surface area (Å²) in [6, 6.07) is 6.57. The Morgan fingerprint density at radius 3 is 2.64 bits per heavy atom. The minimum Gasteiger partial charge on any atom is -0.315 e. The molecular formula is C13H12N4O4S. The van der Waals surface area contributed by atoms with E-state index in [1.807, 2.05) is 0 Å². The van der Waals surface area contributed by atoms with Gasteiger partial charge in [-0.3, -0.25) is 25.0 Å². The molecule has 2 aromatic rings. The molecule has 2 amide bonds. The third kappa shape index (κ3) is 3.26. The molecule has 0 aliphatic carbocycles. The third-order valence-electron chi connectivity index (χ3n) is 2.88. The maximum Gasteiger partial charge on any atom is 0.345 e. The Morgan fingerprint density at radius 1 is 1.36 bits per heavy atom. The summed E-state index contributed by atoms with van der Waals surface area (Å²) in [6.07, 6.45) is 1.08. The van der Waals surface area contributed by atoms with Gasteiger partial charge in [-0.15, -0.1) is 0 Å². The van der Waals surface area contributed by atoms with E-state index in [9.17, 15) is 19.7 Å². The topological polar surface area (TPSA) is 105 Å². The van der Waals surface area contributed by atoms with Crippen LogP contribution in [-0.4, -0.2) is 28.8 Å². The van der Waals surface area contributed by atoms with Crippen LogP contribution in [0.25, 0.3) is 0 Å². The van der Waals surface area contributed by atoms with Gasteiger partial charge in [-0.25, -0.2) is 4.98 Å². The molecule has 0 radical (unpaired) electrons. The Kier molecular flexibility index (Phi) is 4.47. The predicted octanol–water partition coefficient (Wildman–Crippen LogP) is 2.29. The maximum atomic E-state index is 12.3. The molecule has 22 heavy (non-hydrogen) atoms. The molecule has 1 aromatic heterocycles. The minimum atomic E-state index is -0.579. The molecule has 0 saturated carbocycles. The van der Waals surface area contributed by atoms with Gasteiger partial charge in [0.15, 0.2) is 5.13 Å². The molecular weight excluding hydrogens is 308 g/mol. The summed E-state index contributed by atoms with van der Waals surface area (Å²) in [6.45, 7) is 1.39. The number of aromatic nitrogens is 1. The molecule has 0 atom stereocenters. The molecule has 1 heterocycles. The van der Waals surface area contributed by atoms with E-state index >= 15 is 0 Å². The fourth-order valence-electron chi connectivity index (χ4n) is 1.70. The number of hydrogen-bond acceptors (Lipinski definition) is 6. The zero-order chi connectivity index (χ0) is 16.3. The number of para-hydroxylation sites is 1. The number of amides is 2. The van der Waals surface area contributed by atoms with Crippen LogP contribution in [0.4, 0.5) is 15.8 Å². The van der Waals surface area contributed by atoms with Crippen molar-refractivity contribution in [3.63, 3.8) is 0 Å². The number of benzene rings is 1. The van der Waals surface area contributed by atoms with Crippen LogP contribution in [0.15, 0.2) is 30.5 Å². The van der Waals surface area contributed by atoms with Gasteiger partial charge in [-0.2, -0.15) is 0 Å². The SMILES string of the molecule is CC(=O)N(C)c1ccccc1C(=O)Nc1ncc([N+](=O)[O-])s1. The molecule has 1 aromatic carbocycles. The van der Waals surface area contributed by atoms with E-state index in [0.717, 1.165) is 17.5 Å². The zero-order valence-corrected chi connectivity index (χ0v) is 12.6. The minimum absolute atomic E-state index is 0.122. The molecule has 0 spiro atoms. The van der Waals surface area contributed by atoms with Crippen LogP contribution in [0.2, 0.25) is 0 Å². The van der Waals surface area contributed by atoms with Gasteiger partial charge in [-0.05, 0) is 23.5 Å². The lowest BCUT2D eigenvalue weighted by molar-refractivity contribution is -0.380. The Morgan fingerprint density at radius 2 is 2.05 bits per heavy atom. The van der Waals surface area contributed by atoms with Crippen molar-refractivity contribution < 1.29 is 14.5 Å². The van der Waals surface area contributed by atoms with Gasteiger partial charge in [0, 0.05) is 14.0 Å². The van der Waals surface area contributed by atoms with Crippen molar-refractivity contribution in [3.05, 3.63) is 46.1 Å². The van der Waals surface area contributed by atoms with Gasteiger partial charge in [0.2, 0.25) is 5.91 Å². The Hall–Kier alpha value is -2.81. The van der Waals surface area contributed by atoms with Gasteiger partial charge in [-0.1, -0.05) is 12.1 Å². The number of hydrogen-bond donors (Lipinski definition) is 1. The summed E-state index contributed by atoms with van der Waals surface area (Å²) in [7, 11) is 1.56. The van der Waals surface area contributed by atoms with E-state index in [2.05, 4.69) is 10.3 Å². The summed E-state index contributed by atoms with van der Waals surface area (Å²) in [5.74, 6) is -0.710. The lowest BCUT2D eigenvalue weighted by Gasteiger charge is -2.18. The van der Waals surface area contributed by atoms with Crippen LogP contribution >= 0.6 is 11.3 Å². The van der Waals surface area contributed by atoms with Crippen molar-refractivity contribution in [3.8, 4) is 0 Å². The second-order valence-corrected chi connectivity index (χ2v) is 5.32. The molecule has 114 valence electrons. The molecule has 8 nitrogen and oxygen atoms in total. The van der Waals surface area contributed by atoms with Crippen molar-refractivity contribution in [2.75, 3.05) is 17.3 Å². The normalized spacial score (nSPS) is 10.1. The highest BCUT2D eigenvalue weighted by Crippen LogP contribution is 2.26. The third-order valence-corrected chi connectivity index (χ3v) is 3.74. The van der Waals surface area contributed by atoms with Crippen molar-refractivity contribution in [1.82, 2.24) is 4.98 Å². The van der Waals surface area contributed by atoms with Crippen LogP contribution in [0.1, 0.15) is 17.3 Å². The first kappa shape index (κ1) is 15.6. The maximum absolute atomic E-state index is 12.3. The van der Waals surface area contributed by atoms with Gasteiger partial charge in [0.05, 0.1) is 16.2 Å². The molecule has 0 aliphatic rings. The van der Waals surface area contributed by atoms with Gasteiger partial charge >= 0.3 is 5.00 Å². The first-order valence-corrected chi connectivity index (χ1v) is 6.96. The van der Waals surface area contributed by atoms with E-state index in [4.69, 9.17) is 0 Å². The number of carbonyl (C=O) groups is 2. The largest absolute Gasteiger partial charge is 0.345 e. The number of nitrogens with zero attached hydrogens (tertiary/aromatic N) is 3. The quantitative estimate of drug-likeness (QED) is 0.687. The predicted molar refractivity (Wildman–Crippen MR) is 82.2 cm³/mol. The zero-order valence-electron chi connectivity index (χ0n) is 11.8. The number of nitrogens with one attached hydrogen (secondary N) is 1. The average Bonchev–Trinajstić information content (AvgIpc) is 2.95. The molecule has 1 N–H and O–H groups in total. The Bertz CT molecular complexity index is 743. The van der Waals surface area contributed by atoms with Crippen LogP contribution in [-0.2, 0) is 4.79 Å². The fourth-order valence-corrected chi connectivity index (χ4v) is 2.33. The Balaban J connectivity index is 2.26. The molecule has 2 rings (SSSR count). The van der Waals surface area contributed by atoms with E-state index in [-0.39, 0.29) is 21.6 Å². The van der Waals surface area contributed by atoms with Gasteiger partial charge < -0.3 is 4.90 Å². The lowest BCUT2D eigenvalue weighted by atomic mass is 10.1. The van der Waals surface area contributed by atoms with E-state index in [0.29, 0.717) is 5.69 Å². The summed E-state index contributed by atoms with van der Waals surface area (Å²) >= 11 is 0.762. The number of carbonyl (C=O) groups excluding carboxylic acids is 2. The van der Waals surface area contributed by atoms with Crippen molar-refractivity contribution in [2.24, 2.45) is 0 Å². The van der Waals surface area contributed by atoms with Crippen LogP contribution in [0, 0.1) is 10.1 Å². The number of anilines is 2. The number of rotatable bonds is 4. The smallest absolute Gasteiger partial charge is 0.315 e. The highest BCUT2D eigenvalue weighted by Gasteiger charge is 2.18. The van der Waals surface area contributed by atoms with Crippen LogP contribution in [0.5, 0.6) is 0 Å². The first-order chi connectivity index (χ1) is 10.4.